The Labute approximate surface area is 218 Å². The van der Waals surface area contributed by atoms with Gasteiger partial charge in [-0.05, 0) is 66.7 Å². The molecule has 37 heavy (non-hydrogen) atoms. The van der Waals surface area contributed by atoms with Gasteiger partial charge >= 0.3 is 6.71 Å². The van der Waals surface area contributed by atoms with E-state index in [0.717, 1.165) is 45.6 Å². The summed E-state index contributed by atoms with van der Waals surface area (Å²) >= 11 is 0. The van der Waals surface area contributed by atoms with Gasteiger partial charge in [0.05, 0.1) is 11.4 Å². The van der Waals surface area contributed by atoms with Gasteiger partial charge in [0.1, 0.15) is 22.8 Å². The molecule has 0 fully saturated rings. The maximum Gasteiger partial charge on any atom is 0.342 e. The minimum absolute atomic E-state index is 0.0368. The van der Waals surface area contributed by atoms with Crippen molar-refractivity contribution in [2.75, 3.05) is 9.80 Å². The molecule has 4 nitrogen and oxygen atoms in total. The largest absolute Gasteiger partial charge is 0.473 e. The molecule has 2 aliphatic heterocycles. The maximum absolute atomic E-state index is 6.49. The Morgan fingerprint density at radius 2 is 1.03 bits per heavy atom. The summed E-state index contributed by atoms with van der Waals surface area (Å²) in [6.45, 7) is 10.8. The minimum atomic E-state index is -0.119. The van der Waals surface area contributed by atoms with Gasteiger partial charge in [0.2, 0.25) is 0 Å². The van der Waals surface area contributed by atoms with Gasteiger partial charge in [-0.3, -0.25) is 0 Å². The van der Waals surface area contributed by atoms with E-state index < -0.39 is 0 Å². The quantitative estimate of drug-likeness (QED) is 0.251. The molecule has 0 saturated carbocycles. The smallest absolute Gasteiger partial charge is 0.342 e. The molecule has 2 aromatic heterocycles. The highest BCUT2D eigenvalue weighted by atomic mass is 16.4. The first-order valence-corrected chi connectivity index (χ1v) is 12.9. The van der Waals surface area contributed by atoms with Crippen LogP contribution < -0.4 is 26.6 Å². The normalized spacial score (nSPS) is 13.9. The van der Waals surface area contributed by atoms with Crippen LogP contribution in [0.1, 0.15) is 37.9 Å². The van der Waals surface area contributed by atoms with Crippen LogP contribution in [0.3, 0.4) is 0 Å². The molecule has 0 radical (unpaired) electrons. The number of para-hydroxylation sites is 2. The van der Waals surface area contributed by atoms with E-state index in [2.05, 4.69) is 116 Å². The first-order chi connectivity index (χ1) is 17.8. The second kappa shape index (κ2) is 7.69. The van der Waals surface area contributed by atoms with Crippen LogP contribution in [-0.2, 0) is 5.41 Å². The van der Waals surface area contributed by atoms with Crippen LogP contribution in [-0.4, -0.2) is 6.71 Å². The summed E-state index contributed by atoms with van der Waals surface area (Å²) in [5.41, 5.74) is 11.1. The van der Waals surface area contributed by atoms with Crippen LogP contribution in [0.4, 0.5) is 34.1 Å². The average Bonchev–Trinajstić information content (AvgIpc) is 3.45. The summed E-state index contributed by atoms with van der Waals surface area (Å²) in [7, 11) is 0. The van der Waals surface area contributed by atoms with Crippen LogP contribution in [0.5, 0.6) is 0 Å². The summed E-state index contributed by atoms with van der Waals surface area (Å²) in [5.74, 6) is 1.79. The topological polar surface area (TPSA) is 32.8 Å². The Morgan fingerprint density at radius 3 is 1.43 bits per heavy atom. The third-order valence-electron chi connectivity index (χ3n) is 7.53. The number of rotatable bonds is 2. The number of hydrogen-bond donors (Lipinski definition) is 0. The molecule has 4 heterocycles. The fourth-order valence-corrected chi connectivity index (χ4v) is 5.87. The molecule has 5 aromatic rings. The average molecular weight is 484 g/mol. The number of hydrogen-bond acceptors (Lipinski definition) is 4. The van der Waals surface area contributed by atoms with Crippen molar-refractivity contribution < 1.29 is 8.83 Å². The van der Waals surface area contributed by atoms with Crippen molar-refractivity contribution in [2.45, 2.75) is 40.0 Å². The van der Waals surface area contributed by atoms with Gasteiger partial charge in [0.25, 0.3) is 0 Å². The van der Waals surface area contributed by atoms with Gasteiger partial charge in [-0.1, -0.05) is 57.2 Å². The van der Waals surface area contributed by atoms with Crippen LogP contribution in [0.2, 0.25) is 0 Å². The zero-order valence-corrected chi connectivity index (χ0v) is 21.9. The first-order valence-electron chi connectivity index (χ1n) is 12.9. The van der Waals surface area contributed by atoms with Gasteiger partial charge < -0.3 is 18.6 Å². The number of anilines is 6. The molecule has 5 heteroatoms. The van der Waals surface area contributed by atoms with Crippen molar-refractivity contribution in [2.24, 2.45) is 0 Å². The Kier molecular flexibility index (Phi) is 4.60. The second-order valence-electron chi connectivity index (χ2n) is 11.2. The standard InChI is InChI=1S/C32H29BN2O2/c1-20-16-27-30(36-20)33-29-25(34(27)23-12-8-6-9-13-23)18-22(32(3,4)5)19-26(29)35(24-14-10-7-11-15-24)28-17-21(2)37-31(28)33/h6-19H,1-5H3. The molecule has 0 amide bonds. The molecule has 0 aliphatic carbocycles. The van der Waals surface area contributed by atoms with Gasteiger partial charge in [-0.25, -0.2) is 0 Å². The summed E-state index contributed by atoms with van der Waals surface area (Å²) in [6.07, 6.45) is 0. The first kappa shape index (κ1) is 22.1. The van der Waals surface area contributed by atoms with Crippen molar-refractivity contribution in [3.8, 4) is 0 Å². The van der Waals surface area contributed by atoms with Crippen molar-refractivity contribution >= 4 is 57.6 Å². The van der Waals surface area contributed by atoms with E-state index in [-0.39, 0.29) is 12.1 Å². The van der Waals surface area contributed by atoms with Crippen molar-refractivity contribution in [3.05, 3.63) is 102 Å². The second-order valence-corrected chi connectivity index (χ2v) is 11.2. The highest BCUT2D eigenvalue weighted by Gasteiger charge is 2.48. The number of nitrogens with zero attached hydrogens (tertiary/aromatic N) is 2. The van der Waals surface area contributed by atoms with E-state index in [1.165, 1.54) is 22.4 Å². The number of benzene rings is 3. The SMILES string of the molecule is Cc1cc2c(o1)B1c3oc(C)cc3N(c3ccccc3)c3cc(C(C)(C)C)cc(c31)N2c1ccccc1. The lowest BCUT2D eigenvalue weighted by atomic mass is 9.37. The Balaban J connectivity index is 1.62. The zero-order valence-electron chi connectivity index (χ0n) is 21.9. The summed E-state index contributed by atoms with van der Waals surface area (Å²) in [6, 6.07) is 30.2. The van der Waals surface area contributed by atoms with E-state index >= 15 is 0 Å². The zero-order chi connectivity index (χ0) is 25.5. The van der Waals surface area contributed by atoms with Crippen LogP contribution in [0, 0.1) is 13.8 Å². The van der Waals surface area contributed by atoms with Gasteiger partial charge in [-0.15, -0.1) is 0 Å². The van der Waals surface area contributed by atoms with Crippen molar-refractivity contribution in [1.82, 2.24) is 0 Å². The molecule has 0 saturated heterocycles. The highest BCUT2D eigenvalue weighted by Crippen LogP contribution is 2.46. The maximum atomic E-state index is 6.49. The number of aryl methyl sites for hydroxylation is 2. The minimum Gasteiger partial charge on any atom is -0.473 e. The van der Waals surface area contributed by atoms with Crippen LogP contribution >= 0.6 is 0 Å². The molecular weight excluding hydrogens is 455 g/mol. The van der Waals surface area contributed by atoms with Crippen LogP contribution in [0.25, 0.3) is 0 Å². The molecule has 0 spiro atoms. The summed E-state index contributed by atoms with van der Waals surface area (Å²) in [4.78, 5) is 4.72. The lowest BCUT2D eigenvalue weighted by Crippen LogP contribution is -2.60. The molecule has 3 aromatic carbocycles. The number of furan rings is 2. The molecule has 7 rings (SSSR count). The highest BCUT2D eigenvalue weighted by molar-refractivity contribution is 6.98. The molecule has 0 N–H and O–H groups in total. The third-order valence-corrected chi connectivity index (χ3v) is 7.53. The fraction of sp³-hybridized carbons (Fsp3) is 0.188. The van der Waals surface area contributed by atoms with Crippen molar-refractivity contribution in [3.63, 3.8) is 0 Å². The predicted molar refractivity (Wildman–Crippen MR) is 153 cm³/mol. The molecule has 2 aliphatic rings. The third kappa shape index (κ3) is 3.23. The molecule has 182 valence electrons. The van der Waals surface area contributed by atoms with E-state index in [4.69, 9.17) is 8.83 Å². The molecule has 0 atom stereocenters. The van der Waals surface area contributed by atoms with Gasteiger partial charge in [0, 0.05) is 34.9 Å². The van der Waals surface area contributed by atoms with Crippen molar-refractivity contribution in [1.29, 1.82) is 0 Å². The Morgan fingerprint density at radius 1 is 0.595 bits per heavy atom. The predicted octanol–water partition coefficient (Wildman–Crippen LogP) is 6.87. The Bertz CT molecular complexity index is 1530. The van der Waals surface area contributed by atoms with E-state index in [1.807, 2.05) is 13.8 Å². The molecule has 0 bridgehead atoms. The Hall–Kier alpha value is -4.12. The van der Waals surface area contributed by atoms with Crippen LogP contribution in [0.15, 0.2) is 93.8 Å². The molecular formula is C32H29BN2O2. The van der Waals surface area contributed by atoms with E-state index in [9.17, 15) is 0 Å². The number of fused-ring (bicyclic) bond motifs is 4. The van der Waals surface area contributed by atoms with E-state index in [0.29, 0.717) is 0 Å². The lowest BCUT2D eigenvalue weighted by Gasteiger charge is -2.41. The molecule has 0 unspecified atom stereocenters. The van der Waals surface area contributed by atoms with E-state index in [1.54, 1.807) is 0 Å². The monoisotopic (exact) mass is 484 g/mol. The summed E-state index contributed by atoms with van der Waals surface area (Å²) < 4.78 is 13.0. The summed E-state index contributed by atoms with van der Waals surface area (Å²) in [5, 5.41) is 0. The fourth-order valence-electron chi connectivity index (χ4n) is 5.87. The van der Waals surface area contributed by atoms with Gasteiger partial charge in [0.15, 0.2) is 0 Å². The lowest BCUT2D eigenvalue weighted by molar-refractivity contribution is 0.553. The van der Waals surface area contributed by atoms with Gasteiger partial charge in [-0.2, -0.15) is 0 Å².